The molecule has 4 aliphatic heterocycles. The number of aliphatic hydroxyl groups excluding tert-OH is 1. The molecule has 1 aromatic rings. The van der Waals surface area contributed by atoms with Gasteiger partial charge in [-0.05, 0) is 31.0 Å². The molecule has 3 saturated heterocycles. The van der Waals surface area contributed by atoms with E-state index in [9.17, 15) is 49.1 Å². The molecule has 306 valence electrons. The van der Waals surface area contributed by atoms with E-state index in [4.69, 9.17) is 15.2 Å². The molecule has 0 spiro atoms. The number of β-lactam (4-membered cyclic amide) rings is 1. The molecule has 1 aromatic carbocycles. The number of carbonyl (C=O) groups excluding carboxylic acids is 5. The Morgan fingerprint density at radius 3 is 2.39 bits per heavy atom. The molecule has 4 aliphatic rings. The van der Waals surface area contributed by atoms with Gasteiger partial charge in [-0.2, -0.15) is 11.8 Å². The van der Waals surface area contributed by atoms with E-state index in [1.54, 1.807) is 9.80 Å². The number of carboxylic acids is 1. The average molecular weight is 822 g/mol. The van der Waals surface area contributed by atoms with E-state index in [2.05, 4.69) is 0 Å². The zero-order valence-electron chi connectivity index (χ0n) is 31.3. The number of amides is 6. The van der Waals surface area contributed by atoms with Crippen LogP contribution in [0.15, 0.2) is 34.9 Å². The molecule has 21 heteroatoms. The summed E-state index contributed by atoms with van der Waals surface area (Å²) in [5, 5.41) is 31.1. The Kier molecular flexibility index (Phi) is 14.1. The molecule has 0 unspecified atom stereocenters. The van der Waals surface area contributed by atoms with Crippen molar-refractivity contribution in [2.45, 2.75) is 56.7 Å². The Morgan fingerprint density at radius 2 is 1.79 bits per heavy atom. The maximum Gasteiger partial charge on any atom is 0.410 e. The number of nitrogens with zero attached hydrogens (tertiary/aromatic N) is 6. The van der Waals surface area contributed by atoms with Gasteiger partial charge in [0.15, 0.2) is 0 Å². The lowest BCUT2D eigenvalue weighted by Crippen LogP contribution is -2.63. The van der Waals surface area contributed by atoms with Crippen LogP contribution >= 0.6 is 23.5 Å². The van der Waals surface area contributed by atoms with Crippen LogP contribution in [0.25, 0.3) is 0 Å². The molecule has 6 amide bonds. The fourth-order valence-corrected chi connectivity index (χ4v) is 10.1. The lowest BCUT2D eigenvalue weighted by molar-refractivity contribution is -0.384. The minimum atomic E-state index is -1.24. The highest BCUT2D eigenvalue weighted by atomic mass is 32.2. The van der Waals surface area contributed by atoms with Crippen LogP contribution in [0.1, 0.15) is 32.3 Å². The van der Waals surface area contributed by atoms with Gasteiger partial charge in [-0.1, -0.05) is 6.92 Å². The van der Waals surface area contributed by atoms with Gasteiger partial charge in [0.25, 0.3) is 5.69 Å². The van der Waals surface area contributed by atoms with Crippen molar-refractivity contribution in [3.8, 4) is 0 Å². The number of non-ortho nitro benzene ring substituents is 1. The van der Waals surface area contributed by atoms with Gasteiger partial charge in [0, 0.05) is 98.5 Å². The normalized spacial score (nSPS) is 24.0. The van der Waals surface area contributed by atoms with Gasteiger partial charge in [-0.25, -0.2) is 19.2 Å². The van der Waals surface area contributed by atoms with Crippen LogP contribution < -0.4 is 5.73 Å². The van der Waals surface area contributed by atoms with Crippen molar-refractivity contribution < 1.29 is 53.4 Å². The second-order valence-electron chi connectivity index (χ2n) is 14.1. The number of thioether (sulfide) groups is 2. The third-order valence-electron chi connectivity index (χ3n) is 10.5. The van der Waals surface area contributed by atoms with E-state index in [-0.39, 0.29) is 60.7 Å². The molecule has 0 saturated carbocycles. The monoisotopic (exact) mass is 821 g/mol. The molecule has 3 fully saturated rings. The number of nitro groups is 1. The first-order chi connectivity index (χ1) is 26.6. The van der Waals surface area contributed by atoms with Gasteiger partial charge in [0.05, 0.1) is 23.0 Å². The second-order valence-corrected chi connectivity index (χ2v) is 16.6. The minimum absolute atomic E-state index is 0.0644. The SMILES string of the molecule is C[C@@H](O)[C@H]1C(=O)N2C(C(=O)O)=C(S[C@H]3C[C@@H](CSCCC(=O)N(C)C(=O)N4CCN(CCOC(N)=O)CC4)N(C(=O)OCc4ccc([N+](=O)[O-])cc4)C3)[C@H](C)[C@H]12. The van der Waals surface area contributed by atoms with E-state index in [1.807, 2.05) is 11.8 Å². The molecule has 0 bridgehead atoms. The van der Waals surface area contributed by atoms with E-state index < -0.39 is 53.1 Å². The average Bonchev–Trinajstić information content (AvgIpc) is 3.67. The van der Waals surface area contributed by atoms with E-state index >= 15 is 0 Å². The molecule has 5 rings (SSSR count). The Hall–Kier alpha value is -4.60. The van der Waals surface area contributed by atoms with Crippen LogP contribution in [0.5, 0.6) is 0 Å². The molecule has 0 aromatic heterocycles. The number of ether oxygens (including phenoxy) is 2. The number of piperazine rings is 1. The molecule has 4 N–H and O–H groups in total. The predicted octanol–water partition coefficient (Wildman–Crippen LogP) is 1.98. The second kappa shape index (κ2) is 18.6. The summed E-state index contributed by atoms with van der Waals surface area (Å²) in [5.41, 5.74) is 5.34. The topological polar surface area (TPSA) is 247 Å². The van der Waals surface area contributed by atoms with Gasteiger partial charge >= 0.3 is 24.2 Å². The lowest BCUT2D eigenvalue weighted by atomic mass is 9.79. The van der Waals surface area contributed by atoms with Gasteiger partial charge in [-0.15, -0.1) is 11.8 Å². The van der Waals surface area contributed by atoms with Gasteiger partial charge in [0.2, 0.25) is 11.8 Å². The number of hydrogen-bond donors (Lipinski definition) is 3. The minimum Gasteiger partial charge on any atom is -0.477 e. The third kappa shape index (κ3) is 9.67. The smallest absolute Gasteiger partial charge is 0.410 e. The third-order valence-corrected chi connectivity index (χ3v) is 13.1. The highest BCUT2D eigenvalue weighted by molar-refractivity contribution is 8.03. The van der Waals surface area contributed by atoms with Crippen molar-refractivity contribution in [2.24, 2.45) is 17.6 Å². The summed E-state index contributed by atoms with van der Waals surface area (Å²) >= 11 is 2.73. The fraction of sp³-hybridized carbons (Fsp3) is 0.600. The van der Waals surface area contributed by atoms with Crippen molar-refractivity contribution in [3.05, 3.63) is 50.5 Å². The number of benzene rings is 1. The summed E-state index contributed by atoms with van der Waals surface area (Å²) < 4.78 is 10.4. The van der Waals surface area contributed by atoms with E-state index in [0.717, 1.165) is 4.90 Å². The summed E-state index contributed by atoms with van der Waals surface area (Å²) in [6.45, 7) is 5.95. The van der Waals surface area contributed by atoms with Gasteiger partial charge < -0.3 is 40.1 Å². The maximum absolute atomic E-state index is 13.5. The van der Waals surface area contributed by atoms with Crippen molar-refractivity contribution in [3.63, 3.8) is 0 Å². The maximum atomic E-state index is 13.5. The summed E-state index contributed by atoms with van der Waals surface area (Å²) in [6.07, 6.45) is -1.89. The molecule has 6 atom stereocenters. The first kappa shape index (κ1) is 42.5. The zero-order chi connectivity index (χ0) is 40.8. The van der Waals surface area contributed by atoms with Crippen molar-refractivity contribution >= 4 is 65.2 Å². The summed E-state index contributed by atoms with van der Waals surface area (Å²) in [7, 11) is 1.44. The van der Waals surface area contributed by atoms with Crippen LogP contribution in [-0.2, 0) is 30.5 Å². The largest absolute Gasteiger partial charge is 0.477 e. The molecular weight excluding hydrogens is 775 g/mol. The van der Waals surface area contributed by atoms with Crippen LogP contribution in [0.2, 0.25) is 0 Å². The number of hydrogen-bond acceptors (Lipinski definition) is 14. The quantitative estimate of drug-likeness (QED) is 0.0991. The van der Waals surface area contributed by atoms with Gasteiger partial charge in [0.1, 0.15) is 18.9 Å². The number of nitro benzene ring substituents is 1. The Balaban J connectivity index is 1.18. The number of fused-ring (bicyclic) bond motifs is 1. The number of imide groups is 1. The standard InChI is InChI=1S/C35H47N7O12S2/c1-20-28-27(21(2)43)31(45)41(28)29(32(46)47)30(20)56-25-16-24(40(17-25)35(50)54-18-22-4-6-23(7-5-22)42(51)52)19-55-15-8-26(44)37(3)34(49)39-11-9-38(10-12-39)13-14-53-33(36)48/h4-7,20-21,24-25,27-28,43H,8-19H2,1-3H3,(H2,36,48)(H,46,47)/t20-,21-,24+,25+,27-,28-/m1/s1. The predicted molar refractivity (Wildman–Crippen MR) is 203 cm³/mol. The molecule has 56 heavy (non-hydrogen) atoms. The molecule has 4 heterocycles. The zero-order valence-corrected chi connectivity index (χ0v) is 32.9. The summed E-state index contributed by atoms with van der Waals surface area (Å²) in [6, 6.07) is 4.37. The van der Waals surface area contributed by atoms with E-state index in [1.165, 1.54) is 66.7 Å². The number of nitrogens with two attached hydrogens (primary N) is 1. The van der Waals surface area contributed by atoms with Gasteiger partial charge in [-0.3, -0.25) is 29.5 Å². The van der Waals surface area contributed by atoms with Crippen molar-refractivity contribution in [2.75, 3.05) is 64.4 Å². The Morgan fingerprint density at radius 1 is 1.11 bits per heavy atom. The number of carboxylic acid groups (broad SMARTS) is 1. The number of rotatable bonds is 15. The summed E-state index contributed by atoms with van der Waals surface area (Å²) in [5.74, 6) is -2.33. The number of aliphatic hydroxyl groups is 1. The number of likely N-dealkylation sites (tertiary alicyclic amines) is 1. The number of aliphatic carboxylic acids is 1. The highest BCUT2D eigenvalue weighted by Gasteiger charge is 2.60. The van der Waals surface area contributed by atoms with Crippen molar-refractivity contribution in [1.29, 1.82) is 0 Å². The molecular formula is C35H47N7O12S2. The highest BCUT2D eigenvalue weighted by Crippen LogP contribution is 2.52. The van der Waals surface area contributed by atoms with Crippen LogP contribution in [-0.4, -0.2) is 164 Å². The first-order valence-corrected chi connectivity index (χ1v) is 20.2. The van der Waals surface area contributed by atoms with Crippen LogP contribution in [0.3, 0.4) is 0 Å². The Bertz CT molecular complexity index is 1720. The fourth-order valence-electron chi connectivity index (χ4n) is 7.44. The van der Waals surface area contributed by atoms with Crippen LogP contribution in [0.4, 0.5) is 20.1 Å². The van der Waals surface area contributed by atoms with Crippen LogP contribution in [0, 0.1) is 22.0 Å². The molecule has 0 aliphatic carbocycles. The summed E-state index contributed by atoms with van der Waals surface area (Å²) in [4.78, 5) is 94.2. The first-order valence-electron chi connectivity index (χ1n) is 18.2. The lowest BCUT2D eigenvalue weighted by Gasteiger charge is -2.46. The Labute approximate surface area is 331 Å². The molecule has 19 nitrogen and oxygen atoms in total. The van der Waals surface area contributed by atoms with Crippen molar-refractivity contribution in [1.82, 2.24) is 24.5 Å². The number of primary amides is 1. The number of carbonyl (C=O) groups is 6. The van der Waals surface area contributed by atoms with E-state index in [0.29, 0.717) is 61.1 Å². The number of urea groups is 1. The molecule has 0 radical (unpaired) electrons.